The summed E-state index contributed by atoms with van der Waals surface area (Å²) < 4.78 is 10.1. The number of H-pyrrole nitrogens is 1. The Bertz CT molecular complexity index is 1140. The van der Waals surface area contributed by atoms with Crippen molar-refractivity contribution in [3.05, 3.63) is 70.5 Å². The number of aromatic nitrogens is 2. The second-order valence-corrected chi connectivity index (χ2v) is 8.04. The highest BCUT2D eigenvalue weighted by molar-refractivity contribution is 8.00. The average Bonchev–Trinajstić information content (AvgIpc) is 2.79. The number of benzene rings is 2. The van der Waals surface area contributed by atoms with Gasteiger partial charge in [0.2, 0.25) is 5.91 Å². The number of nitrogens with zero attached hydrogens (tertiary/aromatic N) is 1. The fraction of sp³-hybridized carbons (Fsp3) is 0.217. The van der Waals surface area contributed by atoms with Crippen LogP contribution >= 0.6 is 11.8 Å². The molecule has 0 aliphatic heterocycles. The van der Waals surface area contributed by atoms with Crippen molar-refractivity contribution in [3.63, 3.8) is 0 Å². The van der Waals surface area contributed by atoms with Crippen LogP contribution < -0.4 is 15.6 Å². The molecule has 32 heavy (non-hydrogen) atoms. The Morgan fingerprint density at radius 2 is 1.81 bits per heavy atom. The first kappa shape index (κ1) is 23.1. The number of hydrogen-bond donors (Lipinski definition) is 2. The van der Waals surface area contributed by atoms with E-state index in [0.717, 1.165) is 17.3 Å². The minimum atomic E-state index is -0.533. The Balaban J connectivity index is 1.67. The van der Waals surface area contributed by atoms with Crippen LogP contribution in [0.1, 0.15) is 24.2 Å². The zero-order valence-electron chi connectivity index (χ0n) is 17.9. The standard InChI is InChI=1S/C23H23N3O5S/c1-4-31-22(29)16-5-9-17(10-6-16)24-21(28)14(2)32-23-25-19(13-20(27)26-23)15-7-11-18(30-3)12-8-15/h5-14H,4H2,1-3H3,(H,24,28)(H,25,26,27). The molecule has 1 heterocycles. The number of carbonyl (C=O) groups is 2. The molecule has 1 aromatic heterocycles. The van der Waals surface area contributed by atoms with E-state index in [1.54, 1.807) is 57.4 Å². The van der Waals surface area contributed by atoms with Crippen LogP contribution in [0, 0.1) is 0 Å². The Kier molecular flexibility index (Phi) is 7.67. The molecular formula is C23H23N3O5S. The molecule has 9 heteroatoms. The van der Waals surface area contributed by atoms with E-state index in [1.165, 1.54) is 6.07 Å². The van der Waals surface area contributed by atoms with Gasteiger partial charge in [0.25, 0.3) is 5.56 Å². The minimum absolute atomic E-state index is 0.267. The van der Waals surface area contributed by atoms with Gasteiger partial charge in [-0.15, -0.1) is 0 Å². The van der Waals surface area contributed by atoms with Crippen LogP contribution in [0.3, 0.4) is 0 Å². The van der Waals surface area contributed by atoms with Crippen LogP contribution in [0.25, 0.3) is 11.3 Å². The van der Waals surface area contributed by atoms with Crippen LogP contribution in [-0.2, 0) is 9.53 Å². The molecule has 0 aliphatic rings. The van der Waals surface area contributed by atoms with Gasteiger partial charge in [-0.05, 0) is 62.4 Å². The van der Waals surface area contributed by atoms with Crippen molar-refractivity contribution in [2.24, 2.45) is 0 Å². The zero-order valence-corrected chi connectivity index (χ0v) is 18.7. The van der Waals surface area contributed by atoms with E-state index in [1.807, 2.05) is 12.1 Å². The number of rotatable bonds is 8. The first-order valence-corrected chi connectivity index (χ1v) is 10.8. The molecule has 0 bridgehead atoms. The second kappa shape index (κ2) is 10.6. The SMILES string of the molecule is CCOC(=O)c1ccc(NC(=O)C(C)Sc2nc(-c3ccc(OC)cc3)cc(=O)[nH]2)cc1. The number of anilines is 1. The molecule has 2 N–H and O–H groups in total. The lowest BCUT2D eigenvalue weighted by atomic mass is 10.1. The molecule has 166 valence electrons. The van der Waals surface area contributed by atoms with Crippen LogP contribution in [0.15, 0.2) is 64.5 Å². The van der Waals surface area contributed by atoms with Crippen LogP contribution in [0.5, 0.6) is 5.75 Å². The van der Waals surface area contributed by atoms with E-state index in [9.17, 15) is 14.4 Å². The summed E-state index contributed by atoms with van der Waals surface area (Å²) in [6, 6.07) is 15.0. The number of methoxy groups -OCH3 is 1. The first-order chi connectivity index (χ1) is 15.4. The summed E-state index contributed by atoms with van der Waals surface area (Å²) in [5.74, 6) is 0.0197. The van der Waals surface area contributed by atoms with Gasteiger partial charge in [0.15, 0.2) is 5.16 Å². The van der Waals surface area contributed by atoms with Crippen LogP contribution in [0.2, 0.25) is 0 Å². The zero-order chi connectivity index (χ0) is 23.1. The fourth-order valence-electron chi connectivity index (χ4n) is 2.77. The lowest BCUT2D eigenvalue weighted by molar-refractivity contribution is -0.115. The summed E-state index contributed by atoms with van der Waals surface area (Å²) in [5.41, 5.74) is 1.91. The predicted molar refractivity (Wildman–Crippen MR) is 123 cm³/mol. The van der Waals surface area contributed by atoms with Gasteiger partial charge in [-0.25, -0.2) is 9.78 Å². The number of nitrogens with one attached hydrogen (secondary N) is 2. The van der Waals surface area contributed by atoms with Gasteiger partial charge in [0, 0.05) is 17.3 Å². The van der Waals surface area contributed by atoms with Crippen molar-refractivity contribution in [1.82, 2.24) is 9.97 Å². The molecular weight excluding hydrogens is 430 g/mol. The average molecular weight is 454 g/mol. The van der Waals surface area contributed by atoms with Crippen molar-refractivity contribution in [3.8, 4) is 17.0 Å². The number of aromatic amines is 1. The Hall–Kier alpha value is -3.59. The first-order valence-electron chi connectivity index (χ1n) is 9.90. The molecule has 3 aromatic rings. The number of hydrogen-bond acceptors (Lipinski definition) is 7. The largest absolute Gasteiger partial charge is 0.497 e. The summed E-state index contributed by atoms with van der Waals surface area (Å²) in [7, 11) is 1.58. The van der Waals surface area contributed by atoms with Gasteiger partial charge in [0.1, 0.15) is 5.75 Å². The maximum absolute atomic E-state index is 12.6. The monoisotopic (exact) mass is 453 g/mol. The van der Waals surface area contributed by atoms with Crippen LogP contribution in [-0.4, -0.2) is 40.8 Å². The third-order valence-electron chi connectivity index (χ3n) is 4.43. The smallest absolute Gasteiger partial charge is 0.338 e. The molecule has 0 saturated heterocycles. The Labute approximate surface area is 189 Å². The predicted octanol–water partition coefficient (Wildman–Crippen LogP) is 3.74. The second-order valence-electron chi connectivity index (χ2n) is 6.71. The topological polar surface area (TPSA) is 110 Å². The number of ether oxygens (including phenoxy) is 2. The van der Waals surface area contributed by atoms with Gasteiger partial charge >= 0.3 is 5.97 Å². The van der Waals surface area contributed by atoms with E-state index in [2.05, 4.69) is 15.3 Å². The van der Waals surface area contributed by atoms with Crippen molar-refractivity contribution >= 4 is 29.3 Å². The van der Waals surface area contributed by atoms with Gasteiger partial charge in [-0.3, -0.25) is 9.59 Å². The van der Waals surface area contributed by atoms with E-state index < -0.39 is 11.2 Å². The van der Waals surface area contributed by atoms with Gasteiger partial charge in [-0.1, -0.05) is 11.8 Å². The van der Waals surface area contributed by atoms with Crippen molar-refractivity contribution in [2.45, 2.75) is 24.3 Å². The summed E-state index contributed by atoms with van der Waals surface area (Å²) >= 11 is 1.14. The van der Waals surface area contributed by atoms with Gasteiger partial charge < -0.3 is 19.8 Å². The summed E-state index contributed by atoms with van der Waals surface area (Å²) in [5, 5.41) is 2.59. The normalized spacial score (nSPS) is 11.5. The number of thioether (sulfide) groups is 1. The third-order valence-corrected chi connectivity index (χ3v) is 5.41. The van der Waals surface area contributed by atoms with Gasteiger partial charge in [-0.2, -0.15) is 0 Å². The molecule has 2 aromatic carbocycles. The molecule has 1 atom stereocenters. The molecule has 0 aliphatic carbocycles. The number of esters is 1. The van der Waals surface area contributed by atoms with E-state index >= 15 is 0 Å². The highest BCUT2D eigenvalue weighted by Gasteiger charge is 2.17. The summed E-state index contributed by atoms with van der Waals surface area (Å²) in [6.07, 6.45) is 0. The molecule has 0 spiro atoms. The number of carbonyl (C=O) groups excluding carboxylic acids is 2. The maximum Gasteiger partial charge on any atom is 0.338 e. The van der Waals surface area contributed by atoms with E-state index in [4.69, 9.17) is 9.47 Å². The fourth-order valence-corrected chi connectivity index (χ4v) is 3.58. The molecule has 3 rings (SSSR count). The third kappa shape index (κ3) is 5.98. The Morgan fingerprint density at radius 1 is 1.12 bits per heavy atom. The highest BCUT2D eigenvalue weighted by atomic mass is 32.2. The molecule has 1 unspecified atom stereocenters. The quantitative estimate of drug-likeness (QED) is 0.304. The number of amides is 1. The molecule has 8 nitrogen and oxygen atoms in total. The van der Waals surface area contributed by atoms with Crippen LogP contribution in [0.4, 0.5) is 5.69 Å². The van der Waals surface area contributed by atoms with Gasteiger partial charge in [0.05, 0.1) is 30.2 Å². The molecule has 1 amide bonds. The lowest BCUT2D eigenvalue weighted by Crippen LogP contribution is -2.23. The Morgan fingerprint density at radius 3 is 2.44 bits per heavy atom. The maximum atomic E-state index is 12.6. The minimum Gasteiger partial charge on any atom is -0.497 e. The summed E-state index contributed by atoms with van der Waals surface area (Å²) in [4.78, 5) is 43.6. The highest BCUT2D eigenvalue weighted by Crippen LogP contribution is 2.24. The molecule has 0 radical (unpaired) electrons. The van der Waals surface area contributed by atoms with E-state index in [-0.39, 0.29) is 11.5 Å². The summed E-state index contributed by atoms with van der Waals surface area (Å²) in [6.45, 7) is 3.75. The lowest BCUT2D eigenvalue weighted by Gasteiger charge is -2.12. The van der Waals surface area contributed by atoms with Crippen molar-refractivity contribution < 1.29 is 19.1 Å². The van der Waals surface area contributed by atoms with Crippen molar-refractivity contribution in [1.29, 1.82) is 0 Å². The molecule has 0 saturated carbocycles. The molecule has 0 fully saturated rings. The van der Waals surface area contributed by atoms with E-state index in [0.29, 0.717) is 34.5 Å². The van der Waals surface area contributed by atoms with Crippen molar-refractivity contribution in [2.75, 3.05) is 19.0 Å².